The van der Waals surface area contributed by atoms with Crippen molar-refractivity contribution >= 4 is 23.7 Å². The highest BCUT2D eigenvalue weighted by molar-refractivity contribution is 7.99. The number of nitrogens with zero attached hydrogens (tertiary/aromatic N) is 1. The van der Waals surface area contributed by atoms with Crippen molar-refractivity contribution in [3.63, 3.8) is 0 Å². The van der Waals surface area contributed by atoms with E-state index in [1.807, 2.05) is 0 Å². The maximum absolute atomic E-state index is 14.0. The lowest BCUT2D eigenvalue weighted by Crippen LogP contribution is -2.68. The van der Waals surface area contributed by atoms with E-state index in [-0.39, 0.29) is 39.7 Å². The molecule has 8 heteroatoms. The molecule has 1 aliphatic heterocycles. The molecule has 0 aromatic rings. The highest BCUT2D eigenvalue weighted by Gasteiger charge is 2.70. The number of halogens is 1. The summed E-state index contributed by atoms with van der Waals surface area (Å²) in [4.78, 5) is 26.2. The topological polar surface area (TPSA) is 89.9 Å². The number of thioether (sulfide) groups is 1. The van der Waals surface area contributed by atoms with E-state index in [4.69, 9.17) is 0 Å². The van der Waals surface area contributed by atoms with Crippen molar-refractivity contribution in [1.29, 1.82) is 0 Å². The first-order valence-corrected chi connectivity index (χ1v) is 21.8. The van der Waals surface area contributed by atoms with E-state index < -0.39 is 24.0 Å². The molecule has 3 N–H and O–H groups in total. The molecule has 290 valence electrons. The quantitative estimate of drug-likeness (QED) is 0.203. The van der Waals surface area contributed by atoms with Gasteiger partial charge >= 0.3 is 11.9 Å². The van der Waals surface area contributed by atoms with Gasteiger partial charge in [-0.15, -0.1) is 0 Å². The Morgan fingerprint density at radius 2 is 1.73 bits per heavy atom. The molecule has 6 nitrogen and oxygen atoms in total. The lowest BCUT2D eigenvalue weighted by atomic mass is 9.33. The molecule has 0 aromatic heterocycles. The molecule has 4 saturated carbocycles. The Labute approximate surface area is 317 Å². The second-order valence-corrected chi connectivity index (χ2v) is 21.1. The van der Waals surface area contributed by atoms with E-state index in [0.29, 0.717) is 48.2 Å². The van der Waals surface area contributed by atoms with Gasteiger partial charge in [0.2, 0.25) is 0 Å². The monoisotopic (exact) mass is 738 g/mol. The van der Waals surface area contributed by atoms with Gasteiger partial charge in [0.25, 0.3) is 0 Å². The average molecular weight is 739 g/mol. The summed E-state index contributed by atoms with van der Waals surface area (Å²) in [6.07, 6.45) is 16.8. The molecule has 1 heterocycles. The summed E-state index contributed by atoms with van der Waals surface area (Å²) in [7, 11) is 0. The van der Waals surface area contributed by atoms with Crippen molar-refractivity contribution < 1.29 is 24.2 Å². The Morgan fingerprint density at radius 1 is 0.962 bits per heavy atom. The summed E-state index contributed by atoms with van der Waals surface area (Å²) < 4.78 is 14.0. The molecule has 0 spiro atoms. The minimum atomic E-state index is -1.26. The summed E-state index contributed by atoms with van der Waals surface area (Å²) in [6, 6.07) is -0.380. The molecule has 5 fully saturated rings. The second kappa shape index (κ2) is 13.5. The number of carboxylic acids is 2. The van der Waals surface area contributed by atoms with Crippen LogP contribution in [0.25, 0.3) is 0 Å². The molecule has 11 atom stereocenters. The van der Waals surface area contributed by atoms with Crippen LogP contribution in [0.2, 0.25) is 0 Å². The number of hydrogen-bond acceptors (Lipinski definition) is 5. The highest BCUT2D eigenvalue weighted by Crippen LogP contribution is 2.76. The Bertz CT molecular complexity index is 1530. The van der Waals surface area contributed by atoms with Crippen molar-refractivity contribution in [3.8, 4) is 0 Å². The van der Waals surface area contributed by atoms with Gasteiger partial charge in [-0.1, -0.05) is 58.9 Å². The van der Waals surface area contributed by atoms with Gasteiger partial charge in [0.1, 0.15) is 12.7 Å². The van der Waals surface area contributed by atoms with Gasteiger partial charge in [0, 0.05) is 36.7 Å². The number of fused-ring (bicyclic) bond motifs is 7. The van der Waals surface area contributed by atoms with Crippen LogP contribution in [0.5, 0.6) is 0 Å². The third-order valence-electron chi connectivity index (χ3n) is 17.7. The first kappa shape index (κ1) is 38.6. The minimum absolute atomic E-state index is 0.0221. The third kappa shape index (κ3) is 5.67. The number of carbonyl (C=O) groups is 2. The normalized spacial score (nSPS) is 45.8. The molecule has 0 bridgehead atoms. The first-order chi connectivity index (χ1) is 24.5. The fourth-order valence-electron chi connectivity index (χ4n) is 14.7. The summed E-state index contributed by atoms with van der Waals surface area (Å²) in [5, 5.41) is 23.9. The van der Waals surface area contributed by atoms with E-state index in [1.54, 1.807) is 11.8 Å². The second-order valence-electron chi connectivity index (χ2n) is 19.9. The van der Waals surface area contributed by atoms with Crippen LogP contribution in [0.4, 0.5) is 4.39 Å². The Balaban J connectivity index is 1.14. The van der Waals surface area contributed by atoms with Crippen LogP contribution >= 0.6 is 11.8 Å². The van der Waals surface area contributed by atoms with Crippen LogP contribution in [0.1, 0.15) is 119 Å². The van der Waals surface area contributed by atoms with E-state index in [2.05, 4.69) is 70.5 Å². The lowest BCUT2D eigenvalue weighted by molar-refractivity contribution is -0.221. The predicted octanol–water partition coefficient (Wildman–Crippen LogP) is 9.18. The Kier molecular flexibility index (Phi) is 10.1. The number of rotatable bonds is 9. The maximum Gasteiger partial charge on any atom is 0.321 e. The van der Waals surface area contributed by atoms with Gasteiger partial charge in [0.05, 0.1) is 5.41 Å². The number of carboxylic acid groups (broad SMARTS) is 2. The standard InChI is InChI=1S/C44H67FN2O4S/c1-28(2)30-12-19-44(46-22-23-47-24-25-52-26-33(47)37(48)49)21-20-41(6)32(36(30)44)8-9-35-40(5)15-13-31(39(3,4)34(40)14-16-42(35,41)7)29-10-17-43(27-45,18-11-29)38(50)51/h10,13,30,32-36,46H,1,8-9,11-12,14-27H2,2-7H3,(H,48,49)(H,50,51)/t30-,32+,33?,34-,35+,36+,40-,41+,42+,43?,44-/m0/s1. The third-order valence-corrected chi connectivity index (χ3v) is 18.7. The molecule has 1 saturated heterocycles. The number of nitrogens with one attached hydrogen (secondary N) is 1. The van der Waals surface area contributed by atoms with E-state index in [0.717, 1.165) is 31.8 Å². The molecule has 7 rings (SSSR count). The zero-order valence-electron chi connectivity index (χ0n) is 33.0. The molecule has 52 heavy (non-hydrogen) atoms. The fourth-order valence-corrected chi connectivity index (χ4v) is 15.8. The van der Waals surface area contributed by atoms with Crippen molar-refractivity contribution in [1.82, 2.24) is 10.2 Å². The predicted molar refractivity (Wildman–Crippen MR) is 209 cm³/mol. The van der Waals surface area contributed by atoms with E-state index >= 15 is 0 Å². The van der Waals surface area contributed by atoms with Crippen LogP contribution in [-0.2, 0) is 9.59 Å². The minimum Gasteiger partial charge on any atom is -0.481 e. The summed E-state index contributed by atoms with van der Waals surface area (Å²) in [5.41, 5.74) is 3.49. The zero-order chi connectivity index (χ0) is 37.5. The molecule has 0 amide bonds. The van der Waals surface area contributed by atoms with Crippen LogP contribution in [0, 0.1) is 56.7 Å². The number of hydrogen-bond donors (Lipinski definition) is 3. The molecule has 6 aliphatic carbocycles. The van der Waals surface area contributed by atoms with Gasteiger partial charge in [0.15, 0.2) is 0 Å². The summed E-state index contributed by atoms with van der Waals surface area (Å²) in [5.74, 6) is 2.92. The maximum atomic E-state index is 14.0. The molecule has 0 aromatic carbocycles. The van der Waals surface area contributed by atoms with Gasteiger partial charge in [-0.25, -0.2) is 4.39 Å². The number of allylic oxidation sites excluding steroid dienone is 5. The van der Waals surface area contributed by atoms with Crippen molar-refractivity contribution in [2.75, 3.05) is 37.8 Å². The summed E-state index contributed by atoms with van der Waals surface area (Å²) >= 11 is 1.76. The van der Waals surface area contributed by atoms with Crippen molar-refractivity contribution in [3.05, 3.63) is 35.5 Å². The Morgan fingerprint density at radius 3 is 2.38 bits per heavy atom. The number of aliphatic carboxylic acids is 2. The van der Waals surface area contributed by atoms with Gasteiger partial charge in [-0.2, -0.15) is 11.8 Å². The van der Waals surface area contributed by atoms with E-state index in [9.17, 15) is 24.2 Å². The SMILES string of the molecule is C=C(C)[C@@H]1CC[C@]2(NCCN3CCSCC3C(=O)O)CC[C@]3(C)[C@H](CC[C@@H]4[C@@]5(C)CC=C(C6=CCC(CF)(C(=O)O)CC6)C(C)(C)[C@@H]5CC[C@]43C)[C@@H]12. The molecular weight excluding hydrogens is 672 g/mol. The molecular formula is C44H67FN2O4S. The first-order valence-electron chi connectivity index (χ1n) is 20.6. The van der Waals surface area contributed by atoms with Crippen molar-refractivity contribution in [2.45, 2.75) is 130 Å². The van der Waals surface area contributed by atoms with Gasteiger partial charge in [-0.05, 0) is 146 Å². The van der Waals surface area contributed by atoms with E-state index in [1.165, 1.54) is 68.1 Å². The van der Waals surface area contributed by atoms with Crippen LogP contribution < -0.4 is 5.32 Å². The molecule has 2 unspecified atom stereocenters. The largest absolute Gasteiger partial charge is 0.481 e. The molecule has 7 aliphatic rings. The average Bonchev–Trinajstić information content (AvgIpc) is 3.48. The highest BCUT2D eigenvalue weighted by atomic mass is 32.2. The summed E-state index contributed by atoms with van der Waals surface area (Å²) in [6.45, 7) is 21.4. The van der Waals surface area contributed by atoms with Crippen LogP contribution in [-0.4, -0.2) is 76.4 Å². The van der Waals surface area contributed by atoms with Crippen LogP contribution in [0.3, 0.4) is 0 Å². The zero-order valence-corrected chi connectivity index (χ0v) is 33.8. The number of alkyl halides is 1. The smallest absolute Gasteiger partial charge is 0.321 e. The van der Waals surface area contributed by atoms with Gasteiger partial charge in [-0.3, -0.25) is 14.5 Å². The fraction of sp³-hybridized carbons (Fsp3) is 0.818. The molecule has 0 radical (unpaired) electrons. The van der Waals surface area contributed by atoms with Gasteiger partial charge < -0.3 is 15.5 Å². The van der Waals surface area contributed by atoms with Crippen LogP contribution in [0.15, 0.2) is 35.5 Å². The lowest BCUT2D eigenvalue weighted by Gasteiger charge is -2.72. The Hall–Kier alpha value is -1.64. The van der Waals surface area contributed by atoms with Crippen molar-refractivity contribution in [2.24, 2.45) is 56.7 Å².